The molecule has 106 valence electrons. The third-order valence-electron chi connectivity index (χ3n) is 2.93. The summed E-state index contributed by atoms with van der Waals surface area (Å²) < 4.78 is 10.6. The number of alkyl halides is 1. The predicted molar refractivity (Wildman–Crippen MR) is 80.7 cm³/mol. The highest BCUT2D eigenvalue weighted by molar-refractivity contribution is 6.17. The number of pyridine rings is 1. The van der Waals surface area contributed by atoms with Gasteiger partial charge in [-0.2, -0.15) is 0 Å². The molecule has 0 radical (unpaired) electrons. The average Bonchev–Trinajstić information content (AvgIpc) is 2.52. The van der Waals surface area contributed by atoms with Gasteiger partial charge in [0.15, 0.2) is 11.5 Å². The number of hydrogen-bond acceptors (Lipinski definition) is 4. The number of ether oxygens (including phenoxy) is 2. The Hall–Kier alpha value is -1.94. The fourth-order valence-corrected chi connectivity index (χ4v) is 2.05. The molecule has 0 saturated heterocycles. The standard InChI is InChI=1S/C15H17ClN2O2/c1-19-14-7-8-17-13(15(14)20-2)10-18-12-5-3-11(9-16)4-6-12/h3-8,18H,9-10H2,1-2H3. The molecule has 0 atom stereocenters. The van der Waals surface area contributed by atoms with Crippen molar-refractivity contribution in [1.82, 2.24) is 4.98 Å². The van der Waals surface area contributed by atoms with Crippen LogP contribution in [0.3, 0.4) is 0 Å². The molecule has 1 N–H and O–H groups in total. The Morgan fingerprint density at radius 1 is 1.10 bits per heavy atom. The Morgan fingerprint density at radius 3 is 2.45 bits per heavy atom. The van der Waals surface area contributed by atoms with Gasteiger partial charge in [-0.15, -0.1) is 11.6 Å². The summed E-state index contributed by atoms with van der Waals surface area (Å²) in [5, 5.41) is 3.30. The van der Waals surface area contributed by atoms with Crippen molar-refractivity contribution in [1.29, 1.82) is 0 Å². The third kappa shape index (κ3) is 3.33. The van der Waals surface area contributed by atoms with Crippen LogP contribution in [0.15, 0.2) is 36.5 Å². The summed E-state index contributed by atoms with van der Waals surface area (Å²) in [6.45, 7) is 0.556. The van der Waals surface area contributed by atoms with E-state index in [4.69, 9.17) is 21.1 Å². The van der Waals surface area contributed by atoms with E-state index in [2.05, 4.69) is 10.3 Å². The minimum absolute atomic E-state index is 0.519. The van der Waals surface area contributed by atoms with E-state index in [1.807, 2.05) is 24.3 Å². The molecule has 2 aromatic rings. The van der Waals surface area contributed by atoms with Crippen LogP contribution in [0.5, 0.6) is 11.5 Å². The lowest BCUT2D eigenvalue weighted by Crippen LogP contribution is -2.05. The number of rotatable bonds is 6. The first-order valence-corrected chi connectivity index (χ1v) is 6.76. The topological polar surface area (TPSA) is 43.4 Å². The Balaban J connectivity index is 2.10. The van der Waals surface area contributed by atoms with Crippen LogP contribution in [-0.2, 0) is 12.4 Å². The lowest BCUT2D eigenvalue weighted by atomic mass is 10.2. The van der Waals surface area contributed by atoms with E-state index < -0.39 is 0 Å². The molecule has 0 unspecified atom stereocenters. The molecule has 1 heterocycles. The van der Waals surface area contributed by atoms with Crippen molar-refractivity contribution >= 4 is 17.3 Å². The molecule has 0 fully saturated rings. The van der Waals surface area contributed by atoms with Gasteiger partial charge in [-0.1, -0.05) is 12.1 Å². The van der Waals surface area contributed by atoms with Crippen LogP contribution in [0.2, 0.25) is 0 Å². The van der Waals surface area contributed by atoms with Gasteiger partial charge in [0, 0.05) is 23.8 Å². The quantitative estimate of drug-likeness (QED) is 0.828. The molecule has 0 bridgehead atoms. The smallest absolute Gasteiger partial charge is 0.184 e. The SMILES string of the molecule is COc1ccnc(CNc2ccc(CCl)cc2)c1OC. The first-order chi connectivity index (χ1) is 9.78. The summed E-state index contributed by atoms with van der Waals surface area (Å²) in [6.07, 6.45) is 1.70. The minimum Gasteiger partial charge on any atom is -0.493 e. The largest absolute Gasteiger partial charge is 0.493 e. The molecule has 0 saturated carbocycles. The second-order valence-electron chi connectivity index (χ2n) is 4.18. The lowest BCUT2D eigenvalue weighted by Gasteiger charge is -2.12. The summed E-state index contributed by atoms with van der Waals surface area (Å²) >= 11 is 5.76. The van der Waals surface area contributed by atoms with Gasteiger partial charge in [-0.05, 0) is 17.7 Å². The van der Waals surface area contributed by atoms with E-state index in [0.29, 0.717) is 23.9 Å². The molecular weight excluding hydrogens is 276 g/mol. The number of hydrogen-bond donors (Lipinski definition) is 1. The van der Waals surface area contributed by atoms with Crippen LogP contribution >= 0.6 is 11.6 Å². The van der Waals surface area contributed by atoms with Crippen molar-refractivity contribution in [3.63, 3.8) is 0 Å². The summed E-state index contributed by atoms with van der Waals surface area (Å²) in [5.74, 6) is 1.85. The van der Waals surface area contributed by atoms with Crippen molar-refractivity contribution in [2.45, 2.75) is 12.4 Å². The Labute approximate surface area is 123 Å². The molecule has 4 nitrogen and oxygen atoms in total. The maximum atomic E-state index is 5.76. The molecule has 2 rings (SSSR count). The second kappa shape index (κ2) is 7.01. The Morgan fingerprint density at radius 2 is 1.85 bits per heavy atom. The van der Waals surface area contributed by atoms with E-state index in [1.165, 1.54) is 0 Å². The molecule has 1 aromatic carbocycles. The van der Waals surface area contributed by atoms with Gasteiger partial charge in [0.2, 0.25) is 0 Å². The number of benzene rings is 1. The van der Waals surface area contributed by atoms with Gasteiger partial charge in [-0.3, -0.25) is 4.98 Å². The van der Waals surface area contributed by atoms with E-state index >= 15 is 0 Å². The van der Waals surface area contributed by atoms with E-state index in [1.54, 1.807) is 26.5 Å². The fourth-order valence-electron chi connectivity index (χ4n) is 1.87. The fraction of sp³-hybridized carbons (Fsp3) is 0.267. The first kappa shape index (κ1) is 14.5. The molecular formula is C15H17ClN2O2. The van der Waals surface area contributed by atoms with Crippen LogP contribution in [0.1, 0.15) is 11.3 Å². The normalized spacial score (nSPS) is 10.2. The van der Waals surface area contributed by atoms with Gasteiger partial charge in [0.1, 0.15) is 5.69 Å². The van der Waals surface area contributed by atoms with Crippen molar-refractivity contribution in [3.8, 4) is 11.5 Å². The maximum Gasteiger partial charge on any atom is 0.184 e. The van der Waals surface area contributed by atoms with Gasteiger partial charge in [-0.25, -0.2) is 0 Å². The summed E-state index contributed by atoms with van der Waals surface area (Å²) in [5.41, 5.74) is 2.90. The van der Waals surface area contributed by atoms with Gasteiger partial charge >= 0.3 is 0 Å². The molecule has 0 aliphatic heterocycles. The van der Waals surface area contributed by atoms with Gasteiger partial charge in [0.25, 0.3) is 0 Å². The van der Waals surface area contributed by atoms with Crippen LogP contribution in [0.25, 0.3) is 0 Å². The third-order valence-corrected chi connectivity index (χ3v) is 3.24. The van der Waals surface area contributed by atoms with Crippen molar-refractivity contribution in [3.05, 3.63) is 47.8 Å². The number of aromatic nitrogens is 1. The van der Waals surface area contributed by atoms with Crippen molar-refractivity contribution in [2.75, 3.05) is 19.5 Å². The van der Waals surface area contributed by atoms with Crippen LogP contribution in [0, 0.1) is 0 Å². The molecule has 0 aliphatic rings. The number of methoxy groups -OCH3 is 2. The molecule has 0 amide bonds. The average molecular weight is 293 g/mol. The molecule has 20 heavy (non-hydrogen) atoms. The van der Waals surface area contributed by atoms with Crippen molar-refractivity contribution in [2.24, 2.45) is 0 Å². The predicted octanol–water partition coefficient (Wildman–Crippen LogP) is 3.45. The number of nitrogens with zero attached hydrogens (tertiary/aromatic N) is 1. The van der Waals surface area contributed by atoms with Crippen molar-refractivity contribution < 1.29 is 9.47 Å². The molecule has 1 aromatic heterocycles. The van der Waals surface area contributed by atoms with E-state index in [0.717, 1.165) is 16.9 Å². The van der Waals surface area contributed by atoms with E-state index in [9.17, 15) is 0 Å². The summed E-state index contributed by atoms with van der Waals surface area (Å²) in [4.78, 5) is 4.32. The summed E-state index contributed by atoms with van der Waals surface area (Å²) in [7, 11) is 3.22. The Bertz CT molecular complexity index is 558. The van der Waals surface area contributed by atoms with Crippen LogP contribution in [-0.4, -0.2) is 19.2 Å². The minimum atomic E-state index is 0.519. The highest BCUT2D eigenvalue weighted by Gasteiger charge is 2.10. The highest BCUT2D eigenvalue weighted by atomic mass is 35.5. The molecule has 0 aliphatic carbocycles. The van der Waals surface area contributed by atoms with Gasteiger partial charge < -0.3 is 14.8 Å². The zero-order chi connectivity index (χ0) is 14.4. The zero-order valence-corrected chi connectivity index (χ0v) is 12.3. The van der Waals surface area contributed by atoms with Crippen LogP contribution in [0.4, 0.5) is 5.69 Å². The maximum absolute atomic E-state index is 5.76. The first-order valence-electron chi connectivity index (χ1n) is 6.23. The number of nitrogens with one attached hydrogen (secondary N) is 1. The number of anilines is 1. The summed E-state index contributed by atoms with van der Waals surface area (Å²) in [6, 6.07) is 9.74. The highest BCUT2D eigenvalue weighted by Crippen LogP contribution is 2.29. The molecule has 0 spiro atoms. The lowest BCUT2D eigenvalue weighted by molar-refractivity contribution is 0.350. The second-order valence-corrected chi connectivity index (χ2v) is 4.44. The zero-order valence-electron chi connectivity index (χ0n) is 11.5. The monoisotopic (exact) mass is 292 g/mol. The molecule has 5 heteroatoms. The van der Waals surface area contributed by atoms with E-state index in [-0.39, 0.29) is 0 Å². The number of halogens is 1. The van der Waals surface area contributed by atoms with Gasteiger partial charge in [0.05, 0.1) is 20.8 Å². The van der Waals surface area contributed by atoms with Crippen LogP contribution < -0.4 is 14.8 Å². The Kier molecular flexibility index (Phi) is 5.07.